The number of carbonyl (C=O) groups is 2. The molecule has 4 nitrogen and oxygen atoms in total. The van der Waals surface area contributed by atoms with Gasteiger partial charge in [0.1, 0.15) is 0 Å². The van der Waals surface area contributed by atoms with Crippen LogP contribution < -0.4 is 10.6 Å². The molecule has 0 radical (unpaired) electrons. The molecule has 1 heterocycles. The Morgan fingerprint density at radius 2 is 1.96 bits per heavy atom. The lowest BCUT2D eigenvalue weighted by atomic mass is 10.2. The van der Waals surface area contributed by atoms with Crippen LogP contribution in [0.2, 0.25) is 10.0 Å². The van der Waals surface area contributed by atoms with E-state index in [1.807, 2.05) is 24.3 Å². The van der Waals surface area contributed by atoms with Crippen LogP contribution in [0.15, 0.2) is 47.4 Å². The number of fused-ring (bicyclic) bond motifs is 1. The van der Waals surface area contributed by atoms with Gasteiger partial charge < -0.3 is 10.6 Å². The third-order valence-corrected chi connectivity index (χ3v) is 5.40. The number of hydrogen-bond acceptors (Lipinski definition) is 3. The Morgan fingerprint density at radius 3 is 2.78 bits per heavy atom. The first-order valence-electron chi connectivity index (χ1n) is 6.85. The maximum atomic E-state index is 12.2. The summed E-state index contributed by atoms with van der Waals surface area (Å²) in [6.45, 7) is 0. The summed E-state index contributed by atoms with van der Waals surface area (Å²) in [6.07, 6.45) is 0.0493. The van der Waals surface area contributed by atoms with E-state index in [-0.39, 0.29) is 23.3 Å². The first-order chi connectivity index (χ1) is 11.0. The van der Waals surface area contributed by atoms with E-state index < -0.39 is 5.25 Å². The van der Waals surface area contributed by atoms with Gasteiger partial charge in [-0.15, -0.1) is 11.8 Å². The van der Waals surface area contributed by atoms with Crippen LogP contribution in [0.25, 0.3) is 0 Å². The highest BCUT2D eigenvalue weighted by atomic mass is 35.5. The SMILES string of the molecule is O=C(C[C@H]1Sc2ccccc2NC1=O)Nc1cccc(Cl)c1Cl. The predicted molar refractivity (Wildman–Crippen MR) is 94.4 cm³/mol. The first kappa shape index (κ1) is 16.2. The van der Waals surface area contributed by atoms with Crippen molar-refractivity contribution in [3.8, 4) is 0 Å². The van der Waals surface area contributed by atoms with Crippen molar-refractivity contribution in [2.24, 2.45) is 0 Å². The normalized spacial score (nSPS) is 16.4. The smallest absolute Gasteiger partial charge is 0.238 e. The average molecular weight is 367 g/mol. The lowest BCUT2D eigenvalue weighted by Crippen LogP contribution is -2.32. The molecule has 23 heavy (non-hydrogen) atoms. The second kappa shape index (κ2) is 6.83. The Labute approximate surface area is 147 Å². The highest BCUT2D eigenvalue weighted by Gasteiger charge is 2.28. The van der Waals surface area contributed by atoms with Gasteiger partial charge in [0.15, 0.2) is 0 Å². The minimum atomic E-state index is -0.483. The van der Waals surface area contributed by atoms with E-state index in [4.69, 9.17) is 23.2 Å². The van der Waals surface area contributed by atoms with Crippen LogP contribution in [0.3, 0.4) is 0 Å². The topological polar surface area (TPSA) is 58.2 Å². The first-order valence-corrected chi connectivity index (χ1v) is 8.48. The molecule has 0 saturated carbocycles. The number of halogens is 2. The predicted octanol–water partition coefficient (Wildman–Crippen LogP) is 4.44. The summed E-state index contributed by atoms with van der Waals surface area (Å²) >= 11 is 13.3. The van der Waals surface area contributed by atoms with Gasteiger partial charge in [0.2, 0.25) is 11.8 Å². The molecule has 0 saturated heterocycles. The molecule has 0 aliphatic carbocycles. The molecule has 1 aliphatic heterocycles. The Balaban J connectivity index is 1.69. The number of nitrogens with one attached hydrogen (secondary N) is 2. The quantitative estimate of drug-likeness (QED) is 0.844. The summed E-state index contributed by atoms with van der Waals surface area (Å²) in [4.78, 5) is 25.3. The van der Waals surface area contributed by atoms with Crippen LogP contribution in [0, 0.1) is 0 Å². The molecule has 2 aromatic rings. The van der Waals surface area contributed by atoms with E-state index in [0.29, 0.717) is 10.7 Å². The van der Waals surface area contributed by atoms with Crippen molar-refractivity contribution in [1.82, 2.24) is 0 Å². The molecule has 1 atom stereocenters. The van der Waals surface area contributed by atoms with Crippen LogP contribution in [0.1, 0.15) is 6.42 Å². The Kier molecular flexibility index (Phi) is 4.80. The highest BCUT2D eigenvalue weighted by molar-refractivity contribution is 8.01. The minimum Gasteiger partial charge on any atom is -0.325 e. The number of benzene rings is 2. The van der Waals surface area contributed by atoms with Crippen molar-refractivity contribution in [2.75, 3.05) is 10.6 Å². The van der Waals surface area contributed by atoms with Gasteiger partial charge in [-0.2, -0.15) is 0 Å². The van der Waals surface area contributed by atoms with Gasteiger partial charge in [0.25, 0.3) is 0 Å². The van der Waals surface area contributed by atoms with Gasteiger partial charge in [-0.05, 0) is 24.3 Å². The van der Waals surface area contributed by atoms with Crippen molar-refractivity contribution in [2.45, 2.75) is 16.6 Å². The molecule has 0 fully saturated rings. The van der Waals surface area contributed by atoms with Gasteiger partial charge in [-0.25, -0.2) is 0 Å². The van der Waals surface area contributed by atoms with E-state index in [1.165, 1.54) is 11.8 Å². The molecule has 7 heteroatoms. The molecule has 2 amide bonds. The van der Waals surface area contributed by atoms with E-state index in [9.17, 15) is 9.59 Å². The fraction of sp³-hybridized carbons (Fsp3) is 0.125. The fourth-order valence-electron chi connectivity index (χ4n) is 2.20. The number of amides is 2. The summed E-state index contributed by atoms with van der Waals surface area (Å²) in [7, 11) is 0. The minimum absolute atomic E-state index is 0.0493. The zero-order valence-corrected chi connectivity index (χ0v) is 14.1. The van der Waals surface area contributed by atoms with Crippen LogP contribution >= 0.6 is 35.0 Å². The van der Waals surface area contributed by atoms with E-state index >= 15 is 0 Å². The Morgan fingerprint density at radius 1 is 1.17 bits per heavy atom. The van der Waals surface area contributed by atoms with Crippen LogP contribution in [-0.2, 0) is 9.59 Å². The summed E-state index contributed by atoms with van der Waals surface area (Å²) in [5, 5.41) is 5.67. The number of para-hydroxylation sites is 1. The van der Waals surface area contributed by atoms with Gasteiger partial charge in [0, 0.05) is 11.3 Å². The number of carbonyl (C=O) groups excluding carboxylic acids is 2. The zero-order chi connectivity index (χ0) is 16.4. The molecule has 0 bridgehead atoms. The number of anilines is 2. The van der Waals surface area contributed by atoms with E-state index in [2.05, 4.69) is 10.6 Å². The van der Waals surface area contributed by atoms with E-state index in [1.54, 1.807) is 18.2 Å². The number of hydrogen-bond donors (Lipinski definition) is 2. The van der Waals surface area contributed by atoms with Gasteiger partial charge in [0.05, 0.1) is 26.7 Å². The fourth-order valence-corrected chi connectivity index (χ4v) is 3.66. The van der Waals surface area contributed by atoms with Crippen molar-refractivity contribution in [1.29, 1.82) is 0 Å². The summed E-state index contributed by atoms with van der Waals surface area (Å²) in [5.74, 6) is -0.470. The molecule has 0 unspecified atom stereocenters. The lowest BCUT2D eigenvalue weighted by Gasteiger charge is -2.23. The Hall–Kier alpha value is -1.69. The molecule has 2 N–H and O–H groups in total. The van der Waals surface area contributed by atoms with Crippen molar-refractivity contribution >= 4 is 58.2 Å². The zero-order valence-electron chi connectivity index (χ0n) is 11.8. The van der Waals surface area contributed by atoms with E-state index in [0.717, 1.165) is 10.6 Å². The second-order valence-corrected chi connectivity index (χ2v) is 6.98. The molecule has 2 aromatic carbocycles. The van der Waals surface area contributed by atoms with Crippen LogP contribution in [0.4, 0.5) is 11.4 Å². The second-order valence-electron chi connectivity index (χ2n) is 4.95. The molecule has 118 valence electrons. The molecular formula is C16H12Cl2N2O2S. The summed E-state index contributed by atoms with van der Waals surface area (Å²) in [6, 6.07) is 12.5. The lowest BCUT2D eigenvalue weighted by molar-refractivity contribution is -0.120. The van der Waals surface area contributed by atoms with Gasteiger partial charge >= 0.3 is 0 Å². The maximum Gasteiger partial charge on any atom is 0.238 e. The molecule has 3 rings (SSSR count). The van der Waals surface area contributed by atoms with Crippen molar-refractivity contribution < 1.29 is 9.59 Å². The molecular weight excluding hydrogens is 355 g/mol. The third kappa shape index (κ3) is 3.63. The average Bonchev–Trinajstić information content (AvgIpc) is 2.52. The molecule has 0 spiro atoms. The maximum absolute atomic E-state index is 12.2. The third-order valence-electron chi connectivity index (χ3n) is 3.30. The largest absolute Gasteiger partial charge is 0.325 e. The number of thioether (sulfide) groups is 1. The standard InChI is InChI=1S/C16H12Cl2N2O2S/c17-9-4-3-6-11(15(9)18)19-14(21)8-13-16(22)20-10-5-1-2-7-12(10)23-13/h1-7,13H,8H2,(H,19,21)(H,20,22)/t13-/m1/s1. The van der Waals surface area contributed by atoms with Gasteiger partial charge in [-0.3, -0.25) is 9.59 Å². The van der Waals surface area contributed by atoms with Crippen molar-refractivity contribution in [3.05, 3.63) is 52.5 Å². The molecule has 0 aromatic heterocycles. The monoisotopic (exact) mass is 366 g/mol. The van der Waals surface area contributed by atoms with Crippen LogP contribution in [0.5, 0.6) is 0 Å². The Bertz CT molecular complexity index is 782. The van der Waals surface area contributed by atoms with Crippen molar-refractivity contribution in [3.63, 3.8) is 0 Å². The van der Waals surface area contributed by atoms with Crippen LogP contribution in [-0.4, -0.2) is 17.1 Å². The number of rotatable bonds is 3. The summed E-state index contributed by atoms with van der Waals surface area (Å²) in [5.41, 5.74) is 1.21. The molecule has 1 aliphatic rings. The highest BCUT2D eigenvalue weighted by Crippen LogP contribution is 2.37. The summed E-state index contributed by atoms with van der Waals surface area (Å²) < 4.78 is 0. The van der Waals surface area contributed by atoms with Gasteiger partial charge in [-0.1, -0.05) is 41.4 Å².